The van der Waals surface area contributed by atoms with E-state index < -0.39 is 0 Å². The van der Waals surface area contributed by atoms with Crippen molar-refractivity contribution in [3.05, 3.63) is 0 Å². The van der Waals surface area contributed by atoms with Gasteiger partial charge in [0.05, 0.1) is 0 Å². The normalized spacial score (nSPS) is 17.9. The van der Waals surface area contributed by atoms with Gasteiger partial charge in [-0.25, -0.2) is 4.79 Å². The van der Waals surface area contributed by atoms with Gasteiger partial charge in [-0.05, 0) is 12.8 Å². The van der Waals surface area contributed by atoms with E-state index in [1.807, 2.05) is 11.9 Å². The number of rotatable bonds is 3. The van der Waals surface area contributed by atoms with E-state index in [0.29, 0.717) is 18.5 Å². The van der Waals surface area contributed by atoms with E-state index in [9.17, 15) is 4.79 Å². The van der Waals surface area contributed by atoms with Crippen LogP contribution in [0.4, 0.5) is 4.79 Å². The molecule has 1 aliphatic carbocycles. The second kappa shape index (κ2) is 6.12. The van der Waals surface area contributed by atoms with E-state index in [1.54, 1.807) is 0 Å². The van der Waals surface area contributed by atoms with Gasteiger partial charge in [-0.2, -0.15) is 0 Å². The highest BCUT2D eigenvalue weighted by Crippen LogP contribution is 2.21. The first-order valence-electron chi connectivity index (χ1n) is 5.32. The lowest BCUT2D eigenvalue weighted by atomic mass is 9.95. The smallest absolute Gasteiger partial charge is 0.317 e. The monoisotopic (exact) mass is 218 g/mol. The van der Waals surface area contributed by atoms with Crippen LogP contribution in [0.5, 0.6) is 0 Å². The van der Waals surface area contributed by atoms with Crippen molar-refractivity contribution in [1.82, 2.24) is 10.2 Å². The molecule has 3 nitrogen and oxygen atoms in total. The fraction of sp³-hybridized carbons (Fsp3) is 0.900. The van der Waals surface area contributed by atoms with Gasteiger partial charge in [0, 0.05) is 25.5 Å². The second-order valence-electron chi connectivity index (χ2n) is 3.82. The van der Waals surface area contributed by atoms with Crippen LogP contribution >= 0.6 is 11.6 Å². The number of carbonyl (C=O) groups is 1. The van der Waals surface area contributed by atoms with Gasteiger partial charge in [0.15, 0.2) is 0 Å². The third-order valence-electron chi connectivity index (χ3n) is 2.81. The molecule has 0 spiro atoms. The molecule has 1 aliphatic rings. The van der Waals surface area contributed by atoms with Gasteiger partial charge in [0.2, 0.25) is 0 Å². The number of carbonyl (C=O) groups excluding carboxylic acids is 1. The van der Waals surface area contributed by atoms with E-state index >= 15 is 0 Å². The standard InChI is InChI=1S/C10H19ClN2O/c1-13(10(14)12-8-7-11)9-5-3-2-4-6-9/h9H,2-8H2,1H3,(H,12,14). The minimum Gasteiger partial charge on any atom is -0.337 e. The number of halogens is 1. The maximum Gasteiger partial charge on any atom is 0.317 e. The molecular formula is C10H19ClN2O. The van der Waals surface area contributed by atoms with Crippen LogP contribution < -0.4 is 5.32 Å². The molecular weight excluding hydrogens is 200 g/mol. The van der Waals surface area contributed by atoms with Gasteiger partial charge >= 0.3 is 6.03 Å². The number of alkyl halides is 1. The zero-order valence-corrected chi connectivity index (χ0v) is 9.52. The molecule has 0 radical (unpaired) electrons. The van der Waals surface area contributed by atoms with Crippen LogP contribution in [0.2, 0.25) is 0 Å². The lowest BCUT2D eigenvalue weighted by Crippen LogP contribution is -2.44. The zero-order chi connectivity index (χ0) is 10.4. The maximum atomic E-state index is 11.6. The molecule has 0 atom stereocenters. The number of nitrogens with zero attached hydrogens (tertiary/aromatic N) is 1. The SMILES string of the molecule is CN(C(=O)NCCCl)C1CCCCC1. The fourth-order valence-electron chi connectivity index (χ4n) is 1.91. The summed E-state index contributed by atoms with van der Waals surface area (Å²) in [5.41, 5.74) is 0. The molecule has 0 aromatic heterocycles. The summed E-state index contributed by atoms with van der Waals surface area (Å²) in [6, 6.07) is 0.441. The van der Waals surface area contributed by atoms with Crippen LogP contribution in [0.3, 0.4) is 0 Å². The summed E-state index contributed by atoms with van der Waals surface area (Å²) in [7, 11) is 1.87. The maximum absolute atomic E-state index is 11.6. The summed E-state index contributed by atoms with van der Waals surface area (Å²) in [6.45, 7) is 0.553. The van der Waals surface area contributed by atoms with Crippen LogP contribution in [-0.2, 0) is 0 Å². The molecule has 0 saturated heterocycles. The first-order chi connectivity index (χ1) is 6.75. The number of hydrogen-bond acceptors (Lipinski definition) is 1. The molecule has 0 heterocycles. The fourth-order valence-corrected chi connectivity index (χ4v) is 2.01. The van der Waals surface area contributed by atoms with Crippen molar-refractivity contribution in [2.75, 3.05) is 19.5 Å². The van der Waals surface area contributed by atoms with Gasteiger partial charge in [-0.15, -0.1) is 11.6 Å². The molecule has 0 aliphatic heterocycles. The quantitative estimate of drug-likeness (QED) is 0.724. The van der Waals surface area contributed by atoms with Crippen LogP contribution in [0.1, 0.15) is 32.1 Å². The highest BCUT2D eigenvalue weighted by molar-refractivity contribution is 6.18. The average molecular weight is 219 g/mol. The van der Waals surface area contributed by atoms with E-state index in [4.69, 9.17) is 11.6 Å². The van der Waals surface area contributed by atoms with E-state index in [2.05, 4.69) is 5.32 Å². The van der Waals surface area contributed by atoms with Crippen molar-refractivity contribution in [2.24, 2.45) is 0 Å². The summed E-state index contributed by atoms with van der Waals surface area (Å²) in [5, 5.41) is 2.78. The number of amides is 2. The Labute approximate surface area is 90.8 Å². The summed E-state index contributed by atoms with van der Waals surface area (Å²) in [5.74, 6) is 0.476. The Morgan fingerprint density at radius 1 is 1.43 bits per heavy atom. The molecule has 1 N–H and O–H groups in total. The van der Waals surface area contributed by atoms with Crippen molar-refractivity contribution in [3.8, 4) is 0 Å². The minimum absolute atomic E-state index is 0.0116. The van der Waals surface area contributed by atoms with Crippen LogP contribution in [0, 0.1) is 0 Å². The van der Waals surface area contributed by atoms with Crippen LogP contribution in [0.15, 0.2) is 0 Å². The average Bonchev–Trinajstić information content (AvgIpc) is 2.26. The molecule has 0 aromatic carbocycles. The van der Waals surface area contributed by atoms with Crippen molar-refractivity contribution in [1.29, 1.82) is 0 Å². The summed E-state index contributed by atoms with van der Waals surface area (Å²) >= 11 is 5.50. The highest BCUT2D eigenvalue weighted by atomic mass is 35.5. The minimum atomic E-state index is 0.0116. The summed E-state index contributed by atoms with van der Waals surface area (Å²) in [6.07, 6.45) is 6.10. The highest BCUT2D eigenvalue weighted by Gasteiger charge is 2.21. The molecule has 82 valence electrons. The Hall–Kier alpha value is -0.440. The topological polar surface area (TPSA) is 32.3 Å². The Balaban J connectivity index is 2.30. The second-order valence-corrected chi connectivity index (χ2v) is 4.20. The Kier molecular flexibility index (Phi) is 5.09. The molecule has 0 unspecified atom stereocenters. The molecule has 1 fully saturated rings. The molecule has 0 aromatic rings. The zero-order valence-electron chi connectivity index (χ0n) is 8.76. The van der Waals surface area contributed by atoms with Crippen LogP contribution in [0.25, 0.3) is 0 Å². The summed E-state index contributed by atoms with van der Waals surface area (Å²) < 4.78 is 0. The number of nitrogens with one attached hydrogen (secondary N) is 1. The Morgan fingerprint density at radius 3 is 2.64 bits per heavy atom. The number of hydrogen-bond donors (Lipinski definition) is 1. The molecule has 14 heavy (non-hydrogen) atoms. The third kappa shape index (κ3) is 3.37. The van der Waals surface area contributed by atoms with Gasteiger partial charge in [0.1, 0.15) is 0 Å². The number of urea groups is 1. The molecule has 1 saturated carbocycles. The predicted octanol–water partition coefficient (Wildman–Crippen LogP) is 2.20. The van der Waals surface area contributed by atoms with Gasteiger partial charge in [-0.3, -0.25) is 0 Å². The summed E-state index contributed by atoms with van der Waals surface area (Å²) in [4.78, 5) is 13.4. The van der Waals surface area contributed by atoms with Gasteiger partial charge < -0.3 is 10.2 Å². The molecule has 2 amide bonds. The Morgan fingerprint density at radius 2 is 2.07 bits per heavy atom. The van der Waals surface area contributed by atoms with Crippen molar-refractivity contribution in [3.63, 3.8) is 0 Å². The molecule has 0 bridgehead atoms. The molecule has 4 heteroatoms. The third-order valence-corrected chi connectivity index (χ3v) is 3.00. The first-order valence-corrected chi connectivity index (χ1v) is 5.85. The van der Waals surface area contributed by atoms with Gasteiger partial charge in [0.25, 0.3) is 0 Å². The van der Waals surface area contributed by atoms with Gasteiger partial charge in [-0.1, -0.05) is 19.3 Å². The van der Waals surface area contributed by atoms with E-state index in [-0.39, 0.29) is 6.03 Å². The van der Waals surface area contributed by atoms with Crippen molar-refractivity contribution >= 4 is 17.6 Å². The van der Waals surface area contributed by atoms with Crippen molar-refractivity contribution < 1.29 is 4.79 Å². The van der Waals surface area contributed by atoms with Crippen LogP contribution in [-0.4, -0.2) is 36.4 Å². The predicted molar refractivity (Wildman–Crippen MR) is 58.8 cm³/mol. The molecule has 1 rings (SSSR count). The van der Waals surface area contributed by atoms with Crippen molar-refractivity contribution in [2.45, 2.75) is 38.1 Å². The first kappa shape index (κ1) is 11.6. The lowest BCUT2D eigenvalue weighted by molar-refractivity contribution is 0.174. The Bertz CT molecular complexity index is 181. The van der Waals surface area contributed by atoms with E-state index in [1.165, 1.54) is 19.3 Å². The lowest BCUT2D eigenvalue weighted by Gasteiger charge is -2.31. The largest absolute Gasteiger partial charge is 0.337 e. The van der Waals surface area contributed by atoms with E-state index in [0.717, 1.165) is 12.8 Å².